The summed E-state index contributed by atoms with van der Waals surface area (Å²) < 4.78 is 12.2. The number of ether oxygens (including phenoxy) is 2. The van der Waals surface area contributed by atoms with Gasteiger partial charge in [-0.25, -0.2) is 4.79 Å². The molecule has 1 atom stereocenters. The van der Waals surface area contributed by atoms with Gasteiger partial charge in [0.25, 0.3) is 0 Å². The highest BCUT2D eigenvalue weighted by atomic mass is 16.5. The van der Waals surface area contributed by atoms with Crippen molar-refractivity contribution in [3.63, 3.8) is 0 Å². The maximum Gasteiger partial charge on any atom is 0.340 e. The van der Waals surface area contributed by atoms with Gasteiger partial charge in [-0.2, -0.15) is 0 Å². The second-order valence-corrected chi connectivity index (χ2v) is 5.62. The molecule has 0 aromatic carbocycles. The summed E-state index contributed by atoms with van der Waals surface area (Å²) in [4.78, 5) is 24.3. The zero-order chi connectivity index (χ0) is 18.3. The lowest BCUT2D eigenvalue weighted by molar-refractivity contribution is -0.117. The van der Waals surface area contributed by atoms with Gasteiger partial charge in [0.1, 0.15) is 0 Å². The predicted octanol–water partition coefficient (Wildman–Crippen LogP) is 2.47. The minimum Gasteiger partial charge on any atom is -0.462 e. The van der Waals surface area contributed by atoms with E-state index in [0.717, 1.165) is 23.5 Å². The molecule has 0 aliphatic carbocycles. The number of amides is 1. The van der Waals surface area contributed by atoms with Crippen LogP contribution in [0.3, 0.4) is 0 Å². The molecule has 0 fully saturated rings. The van der Waals surface area contributed by atoms with Crippen LogP contribution in [0.15, 0.2) is 6.08 Å². The van der Waals surface area contributed by atoms with Gasteiger partial charge in [0, 0.05) is 42.7 Å². The molecule has 0 bridgehead atoms. The minimum absolute atomic E-state index is 0.0836. The van der Waals surface area contributed by atoms with E-state index < -0.39 is 0 Å². The lowest BCUT2D eigenvalue weighted by Gasteiger charge is -2.10. The second kappa shape index (κ2) is 9.27. The second-order valence-electron chi connectivity index (χ2n) is 5.62. The Morgan fingerprint density at radius 3 is 2.46 bits per heavy atom. The van der Waals surface area contributed by atoms with Crippen molar-refractivity contribution in [2.24, 2.45) is 0 Å². The largest absolute Gasteiger partial charge is 0.462 e. The molecule has 6 nitrogen and oxygen atoms in total. The highest BCUT2D eigenvalue weighted by molar-refractivity contribution is 5.98. The van der Waals surface area contributed by atoms with Gasteiger partial charge in [-0.1, -0.05) is 0 Å². The first kappa shape index (κ1) is 20.0. The summed E-state index contributed by atoms with van der Waals surface area (Å²) in [5.74, 6) is -0.589. The van der Waals surface area contributed by atoms with E-state index >= 15 is 0 Å². The molecule has 0 saturated carbocycles. The van der Waals surface area contributed by atoms with Crippen LogP contribution in [0.25, 0.3) is 6.08 Å². The molecule has 0 aliphatic rings. The zero-order valence-corrected chi connectivity index (χ0v) is 15.4. The molecule has 1 rings (SSSR count). The highest BCUT2D eigenvalue weighted by Gasteiger charge is 2.22. The Labute approximate surface area is 143 Å². The Kier molecular flexibility index (Phi) is 7.71. The molecule has 1 unspecified atom stereocenters. The molecule has 1 aromatic heterocycles. The quantitative estimate of drug-likeness (QED) is 0.585. The summed E-state index contributed by atoms with van der Waals surface area (Å²) in [7, 11) is 1.59. The van der Waals surface area contributed by atoms with E-state index in [-0.39, 0.29) is 17.9 Å². The van der Waals surface area contributed by atoms with Crippen LogP contribution in [0.1, 0.15) is 48.1 Å². The van der Waals surface area contributed by atoms with Crippen LogP contribution in [0.5, 0.6) is 0 Å². The van der Waals surface area contributed by atoms with Gasteiger partial charge in [0.15, 0.2) is 0 Å². The monoisotopic (exact) mass is 336 g/mol. The maximum atomic E-state index is 12.3. The van der Waals surface area contributed by atoms with Crippen molar-refractivity contribution in [3.05, 3.63) is 28.6 Å². The SMILES string of the molecule is CCOC(=O)c1c(/C=C/C(=O)NC(C)COC)c(C)n(CC)c1C. The van der Waals surface area contributed by atoms with Crippen molar-refractivity contribution in [1.29, 1.82) is 0 Å². The van der Waals surface area contributed by atoms with Crippen LogP contribution in [0.4, 0.5) is 0 Å². The molecule has 6 heteroatoms. The Bertz CT molecular complexity index is 617. The predicted molar refractivity (Wildman–Crippen MR) is 94.1 cm³/mol. The van der Waals surface area contributed by atoms with Crippen LogP contribution < -0.4 is 5.32 Å². The van der Waals surface area contributed by atoms with E-state index in [0.29, 0.717) is 18.8 Å². The van der Waals surface area contributed by atoms with Crippen molar-refractivity contribution in [3.8, 4) is 0 Å². The zero-order valence-electron chi connectivity index (χ0n) is 15.4. The van der Waals surface area contributed by atoms with Gasteiger partial charge >= 0.3 is 5.97 Å². The number of hydrogen-bond donors (Lipinski definition) is 1. The van der Waals surface area contributed by atoms with Crippen molar-refractivity contribution in [1.82, 2.24) is 9.88 Å². The van der Waals surface area contributed by atoms with Crippen LogP contribution in [0.2, 0.25) is 0 Å². The fourth-order valence-corrected chi connectivity index (χ4v) is 2.79. The first-order valence-corrected chi connectivity index (χ1v) is 8.21. The number of methoxy groups -OCH3 is 1. The normalized spacial score (nSPS) is 12.4. The first-order chi connectivity index (χ1) is 11.4. The summed E-state index contributed by atoms with van der Waals surface area (Å²) in [5.41, 5.74) is 3.03. The maximum absolute atomic E-state index is 12.3. The number of nitrogens with zero attached hydrogens (tertiary/aromatic N) is 1. The van der Waals surface area contributed by atoms with Crippen molar-refractivity contribution in [2.45, 2.75) is 47.2 Å². The molecule has 1 heterocycles. The van der Waals surface area contributed by atoms with E-state index in [9.17, 15) is 9.59 Å². The van der Waals surface area contributed by atoms with Crippen molar-refractivity contribution >= 4 is 18.0 Å². The van der Waals surface area contributed by atoms with Gasteiger partial charge in [-0.3, -0.25) is 4.79 Å². The number of carbonyl (C=O) groups is 2. The summed E-state index contributed by atoms with van der Waals surface area (Å²) in [6, 6.07) is -0.0836. The average molecular weight is 336 g/mol. The molecule has 1 amide bonds. The number of esters is 1. The Morgan fingerprint density at radius 2 is 1.92 bits per heavy atom. The standard InChI is InChI=1S/C18H28N2O4/c1-7-20-13(4)15(17(14(20)5)18(22)24-8-2)9-10-16(21)19-12(3)11-23-6/h9-10,12H,7-8,11H2,1-6H3,(H,19,21)/b10-9+. The van der Waals surface area contributed by atoms with Gasteiger partial charge in [-0.05, 0) is 40.7 Å². The molecule has 1 aromatic rings. The molecule has 24 heavy (non-hydrogen) atoms. The van der Waals surface area contributed by atoms with Crippen LogP contribution in [-0.4, -0.2) is 42.8 Å². The van der Waals surface area contributed by atoms with Crippen LogP contribution in [0, 0.1) is 13.8 Å². The molecule has 1 N–H and O–H groups in total. The fourth-order valence-electron chi connectivity index (χ4n) is 2.79. The van der Waals surface area contributed by atoms with Crippen molar-refractivity contribution < 1.29 is 19.1 Å². The lowest BCUT2D eigenvalue weighted by atomic mass is 10.1. The molecule has 0 spiro atoms. The third-order valence-electron chi connectivity index (χ3n) is 3.83. The summed E-state index contributed by atoms with van der Waals surface area (Å²) in [6.45, 7) is 11.0. The third-order valence-corrected chi connectivity index (χ3v) is 3.83. The number of carbonyl (C=O) groups excluding carboxylic acids is 2. The van der Waals surface area contributed by atoms with E-state index in [4.69, 9.17) is 9.47 Å². The van der Waals surface area contributed by atoms with Gasteiger partial charge < -0.3 is 19.4 Å². The summed E-state index contributed by atoms with van der Waals surface area (Å²) in [5, 5.41) is 2.81. The molecule has 0 saturated heterocycles. The molecule has 134 valence electrons. The number of nitrogens with one attached hydrogen (secondary N) is 1. The summed E-state index contributed by atoms with van der Waals surface area (Å²) in [6.07, 6.45) is 3.12. The summed E-state index contributed by atoms with van der Waals surface area (Å²) >= 11 is 0. The van der Waals surface area contributed by atoms with E-state index in [1.807, 2.05) is 32.3 Å². The van der Waals surface area contributed by atoms with Crippen molar-refractivity contribution in [2.75, 3.05) is 20.3 Å². The smallest absolute Gasteiger partial charge is 0.340 e. The molecule has 0 radical (unpaired) electrons. The van der Waals surface area contributed by atoms with Gasteiger partial charge in [0.2, 0.25) is 5.91 Å². The number of hydrogen-bond acceptors (Lipinski definition) is 4. The molecular weight excluding hydrogens is 308 g/mol. The van der Waals surface area contributed by atoms with Gasteiger partial charge in [0.05, 0.1) is 18.8 Å². The van der Waals surface area contributed by atoms with Crippen LogP contribution >= 0.6 is 0 Å². The number of rotatable bonds is 8. The Hall–Kier alpha value is -2.08. The van der Waals surface area contributed by atoms with Gasteiger partial charge in [-0.15, -0.1) is 0 Å². The van der Waals surface area contributed by atoms with E-state index in [1.54, 1.807) is 20.1 Å². The molecular formula is C18H28N2O4. The third kappa shape index (κ3) is 4.71. The lowest BCUT2D eigenvalue weighted by Crippen LogP contribution is -2.34. The Morgan fingerprint density at radius 1 is 1.25 bits per heavy atom. The highest BCUT2D eigenvalue weighted by Crippen LogP contribution is 2.24. The molecule has 0 aliphatic heterocycles. The Balaban J connectivity index is 3.11. The van der Waals surface area contributed by atoms with Crippen LogP contribution in [-0.2, 0) is 20.8 Å². The minimum atomic E-state index is -0.363. The van der Waals surface area contributed by atoms with E-state index in [1.165, 1.54) is 6.08 Å². The number of aromatic nitrogens is 1. The fraction of sp³-hybridized carbons (Fsp3) is 0.556. The first-order valence-electron chi connectivity index (χ1n) is 8.21. The van der Waals surface area contributed by atoms with E-state index in [2.05, 4.69) is 5.32 Å². The topological polar surface area (TPSA) is 69.6 Å². The average Bonchev–Trinajstić information content (AvgIpc) is 2.75.